The standard InChI is InChI=1S/C30H37N3O5S/c1-5-19-31-30(35)27(20-24-14-7-6-8-15-24)32(21-25-16-10-9-13-23(25)2)29(34)22-33(39(4,36)37)26-17-11-12-18-28(26)38-3/h6-18,27H,5,19-22H2,1-4H3,(H,31,35)/t27-/m1/s1. The third kappa shape index (κ3) is 8.07. The molecule has 0 bridgehead atoms. The number of aryl methyl sites for hydroxylation is 1. The first kappa shape index (κ1) is 29.7. The van der Waals surface area contributed by atoms with Crippen molar-refractivity contribution in [2.75, 3.05) is 30.8 Å². The van der Waals surface area contributed by atoms with Gasteiger partial charge in [0.15, 0.2) is 0 Å². The van der Waals surface area contributed by atoms with Gasteiger partial charge in [0.1, 0.15) is 18.3 Å². The second kappa shape index (κ2) is 13.8. The lowest BCUT2D eigenvalue weighted by atomic mass is 10.0. The number of benzene rings is 3. The molecule has 0 unspecified atom stereocenters. The lowest BCUT2D eigenvalue weighted by Crippen LogP contribution is -2.53. The number of para-hydroxylation sites is 2. The molecule has 0 heterocycles. The van der Waals surface area contributed by atoms with E-state index in [0.717, 1.165) is 33.7 Å². The van der Waals surface area contributed by atoms with Crippen molar-refractivity contribution in [3.05, 3.63) is 95.6 Å². The van der Waals surface area contributed by atoms with Crippen LogP contribution in [0.5, 0.6) is 5.75 Å². The number of ether oxygens (including phenoxy) is 1. The molecule has 1 N–H and O–H groups in total. The van der Waals surface area contributed by atoms with Crippen molar-refractivity contribution in [3.8, 4) is 5.75 Å². The van der Waals surface area contributed by atoms with E-state index in [9.17, 15) is 18.0 Å². The molecule has 0 fully saturated rings. The number of anilines is 1. The van der Waals surface area contributed by atoms with E-state index in [0.29, 0.717) is 12.3 Å². The van der Waals surface area contributed by atoms with Crippen molar-refractivity contribution in [2.45, 2.75) is 39.3 Å². The van der Waals surface area contributed by atoms with Crippen molar-refractivity contribution >= 4 is 27.5 Å². The van der Waals surface area contributed by atoms with Crippen LogP contribution >= 0.6 is 0 Å². The van der Waals surface area contributed by atoms with Crippen molar-refractivity contribution < 1.29 is 22.7 Å². The first-order valence-electron chi connectivity index (χ1n) is 12.9. The van der Waals surface area contributed by atoms with Gasteiger partial charge in [-0.05, 0) is 42.2 Å². The summed E-state index contributed by atoms with van der Waals surface area (Å²) >= 11 is 0. The summed E-state index contributed by atoms with van der Waals surface area (Å²) in [7, 11) is -2.43. The first-order chi connectivity index (χ1) is 18.7. The van der Waals surface area contributed by atoms with Gasteiger partial charge in [-0.1, -0.05) is 73.7 Å². The fraction of sp³-hybridized carbons (Fsp3) is 0.333. The summed E-state index contributed by atoms with van der Waals surface area (Å²) in [5, 5.41) is 2.94. The zero-order valence-corrected chi connectivity index (χ0v) is 23.8. The van der Waals surface area contributed by atoms with Gasteiger partial charge in [-0.25, -0.2) is 8.42 Å². The Morgan fingerprint density at radius 3 is 2.23 bits per heavy atom. The van der Waals surface area contributed by atoms with Gasteiger partial charge in [0.25, 0.3) is 0 Å². The summed E-state index contributed by atoms with van der Waals surface area (Å²) < 4.78 is 32.3. The minimum absolute atomic E-state index is 0.145. The predicted molar refractivity (Wildman–Crippen MR) is 154 cm³/mol. The highest BCUT2D eigenvalue weighted by molar-refractivity contribution is 7.92. The molecule has 0 saturated heterocycles. The molecule has 0 aliphatic heterocycles. The van der Waals surface area contributed by atoms with Crippen LogP contribution in [0.4, 0.5) is 5.69 Å². The van der Waals surface area contributed by atoms with Crippen LogP contribution in [0, 0.1) is 6.92 Å². The Morgan fingerprint density at radius 2 is 1.59 bits per heavy atom. The Kier molecular flexibility index (Phi) is 10.5. The number of amides is 2. The van der Waals surface area contributed by atoms with Crippen LogP contribution in [0.25, 0.3) is 0 Å². The summed E-state index contributed by atoms with van der Waals surface area (Å²) in [6.45, 7) is 4.02. The second-order valence-corrected chi connectivity index (χ2v) is 11.3. The molecule has 3 aromatic carbocycles. The topological polar surface area (TPSA) is 96.0 Å². The number of carbonyl (C=O) groups excluding carboxylic acids is 2. The molecule has 0 radical (unpaired) electrons. The quantitative estimate of drug-likeness (QED) is 0.347. The Labute approximate surface area is 231 Å². The highest BCUT2D eigenvalue weighted by Gasteiger charge is 2.33. The third-order valence-corrected chi connectivity index (χ3v) is 7.58. The molecule has 3 aromatic rings. The molecule has 3 rings (SSSR count). The Balaban J connectivity index is 2.07. The van der Waals surface area contributed by atoms with Crippen molar-refractivity contribution in [3.63, 3.8) is 0 Å². The van der Waals surface area contributed by atoms with Gasteiger partial charge in [-0.3, -0.25) is 13.9 Å². The number of hydrogen-bond donors (Lipinski definition) is 1. The number of nitrogens with one attached hydrogen (secondary N) is 1. The first-order valence-corrected chi connectivity index (χ1v) is 14.8. The fourth-order valence-electron chi connectivity index (χ4n) is 4.32. The van der Waals surface area contributed by atoms with Gasteiger partial charge in [0, 0.05) is 19.5 Å². The zero-order valence-electron chi connectivity index (χ0n) is 23.0. The third-order valence-electron chi connectivity index (χ3n) is 6.46. The van der Waals surface area contributed by atoms with Crippen LogP contribution in [0.3, 0.4) is 0 Å². The van der Waals surface area contributed by atoms with Crippen LogP contribution in [0.2, 0.25) is 0 Å². The molecule has 0 saturated carbocycles. The maximum atomic E-state index is 14.1. The number of sulfonamides is 1. The Hall–Kier alpha value is -3.85. The van der Waals surface area contributed by atoms with Crippen LogP contribution in [-0.4, -0.2) is 57.6 Å². The molecule has 0 aliphatic carbocycles. The summed E-state index contributed by atoms with van der Waals surface area (Å²) in [5.74, 6) is -0.462. The molecule has 39 heavy (non-hydrogen) atoms. The highest BCUT2D eigenvalue weighted by atomic mass is 32.2. The van der Waals surface area contributed by atoms with Gasteiger partial charge < -0.3 is 15.0 Å². The minimum Gasteiger partial charge on any atom is -0.495 e. The molecule has 1 atom stereocenters. The Morgan fingerprint density at radius 1 is 0.949 bits per heavy atom. The molecular formula is C30H37N3O5S. The van der Waals surface area contributed by atoms with Crippen LogP contribution in [-0.2, 0) is 32.6 Å². The van der Waals surface area contributed by atoms with Crippen LogP contribution < -0.4 is 14.4 Å². The lowest BCUT2D eigenvalue weighted by molar-refractivity contribution is -0.140. The smallest absolute Gasteiger partial charge is 0.244 e. The predicted octanol–water partition coefficient (Wildman–Crippen LogP) is 3.94. The van der Waals surface area contributed by atoms with Gasteiger partial charge in [-0.15, -0.1) is 0 Å². The average molecular weight is 552 g/mol. The largest absolute Gasteiger partial charge is 0.495 e. The van der Waals surface area contributed by atoms with E-state index in [1.165, 1.54) is 12.0 Å². The number of rotatable bonds is 13. The summed E-state index contributed by atoms with van der Waals surface area (Å²) in [6, 6.07) is 22.9. The normalized spacial score (nSPS) is 11.9. The maximum Gasteiger partial charge on any atom is 0.244 e. The summed E-state index contributed by atoms with van der Waals surface area (Å²) in [5.41, 5.74) is 2.98. The van der Waals surface area contributed by atoms with E-state index in [2.05, 4.69) is 5.32 Å². The average Bonchev–Trinajstić information content (AvgIpc) is 2.93. The lowest BCUT2D eigenvalue weighted by Gasteiger charge is -2.34. The summed E-state index contributed by atoms with van der Waals surface area (Å²) in [6.07, 6.45) is 2.07. The van der Waals surface area contributed by atoms with E-state index in [1.54, 1.807) is 24.3 Å². The second-order valence-electron chi connectivity index (χ2n) is 9.39. The van der Waals surface area contributed by atoms with E-state index in [-0.39, 0.29) is 24.6 Å². The van der Waals surface area contributed by atoms with Crippen molar-refractivity contribution in [1.82, 2.24) is 10.2 Å². The van der Waals surface area contributed by atoms with E-state index < -0.39 is 28.5 Å². The van der Waals surface area contributed by atoms with Gasteiger partial charge >= 0.3 is 0 Å². The number of carbonyl (C=O) groups is 2. The monoisotopic (exact) mass is 551 g/mol. The van der Waals surface area contributed by atoms with Crippen LogP contribution in [0.15, 0.2) is 78.9 Å². The molecular weight excluding hydrogens is 514 g/mol. The number of hydrogen-bond acceptors (Lipinski definition) is 5. The molecule has 208 valence electrons. The fourth-order valence-corrected chi connectivity index (χ4v) is 5.17. The molecule has 9 heteroatoms. The van der Waals surface area contributed by atoms with Crippen molar-refractivity contribution in [2.24, 2.45) is 0 Å². The molecule has 2 amide bonds. The number of methoxy groups -OCH3 is 1. The van der Waals surface area contributed by atoms with Crippen LogP contribution in [0.1, 0.15) is 30.0 Å². The minimum atomic E-state index is -3.87. The molecule has 0 spiro atoms. The Bertz CT molecular complexity index is 1360. The van der Waals surface area contributed by atoms with Gasteiger partial charge in [-0.2, -0.15) is 0 Å². The van der Waals surface area contributed by atoms with E-state index >= 15 is 0 Å². The van der Waals surface area contributed by atoms with E-state index in [1.807, 2.05) is 68.4 Å². The SMILES string of the molecule is CCCNC(=O)[C@@H](Cc1ccccc1)N(Cc1ccccc1C)C(=O)CN(c1ccccc1OC)S(C)(=O)=O. The molecule has 8 nitrogen and oxygen atoms in total. The molecule has 0 aliphatic rings. The van der Waals surface area contributed by atoms with E-state index in [4.69, 9.17) is 4.74 Å². The zero-order chi connectivity index (χ0) is 28.4. The van der Waals surface area contributed by atoms with Crippen molar-refractivity contribution in [1.29, 1.82) is 0 Å². The van der Waals surface area contributed by atoms with Gasteiger partial charge in [0.05, 0.1) is 19.1 Å². The molecule has 0 aromatic heterocycles. The highest BCUT2D eigenvalue weighted by Crippen LogP contribution is 2.30. The summed E-state index contributed by atoms with van der Waals surface area (Å²) in [4.78, 5) is 29.1. The van der Waals surface area contributed by atoms with Gasteiger partial charge in [0.2, 0.25) is 21.8 Å². The number of nitrogens with zero attached hydrogens (tertiary/aromatic N) is 2. The maximum absolute atomic E-state index is 14.1.